The molecule has 0 fully saturated rings. The van der Waals surface area contributed by atoms with Crippen LogP contribution in [0, 0.1) is 11.6 Å². The van der Waals surface area contributed by atoms with Crippen molar-refractivity contribution in [3.05, 3.63) is 54.1 Å². The lowest BCUT2D eigenvalue weighted by Crippen LogP contribution is -2.31. The molecule has 0 atom stereocenters. The fourth-order valence-corrected chi connectivity index (χ4v) is 3.48. The molecule has 0 saturated carbocycles. The predicted molar refractivity (Wildman–Crippen MR) is 77.4 cm³/mol. The Balaban J connectivity index is 2.54. The summed E-state index contributed by atoms with van der Waals surface area (Å²) in [5.41, 5.74) is 6.36. The van der Waals surface area contributed by atoms with E-state index in [-0.39, 0.29) is 6.54 Å². The zero-order chi connectivity index (χ0) is 15.6. The van der Waals surface area contributed by atoms with E-state index >= 15 is 0 Å². The maximum Gasteiger partial charge on any atom is 0.267 e. The van der Waals surface area contributed by atoms with E-state index in [9.17, 15) is 17.2 Å². The van der Waals surface area contributed by atoms with Gasteiger partial charge in [0.2, 0.25) is 0 Å². The Morgan fingerprint density at radius 3 is 2.29 bits per heavy atom. The van der Waals surface area contributed by atoms with Crippen molar-refractivity contribution in [1.82, 2.24) is 0 Å². The molecular weight excluding hydrogens is 298 g/mol. The van der Waals surface area contributed by atoms with Crippen LogP contribution in [0.3, 0.4) is 0 Å². The zero-order valence-corrected chi connectivity index (χ0v) is 12.1. The molecule has 7 heteroatoms. The SMILES string of the molecule is CCN(c1ccc(N)cc1)S(=O)(=O)c1cc(F)ccc1F. The minimum absolute atomic E-state index is 0.0716. The maximum absolute atomic E-state index is 13.7. The van der Waals surface area contributed by atoms with Gasteiger partial charge in [0, 0.05) is 12.2 Å². The van der Waals surface area contributed by atoms with Crippen LogP contribution < -0.4 is 10.0 Å². The quantitative estimate of drug-likeness (QED) is 0.883. The first-order chi connectivity index (χ1) is 9.86. The third-order valence-electron chi connectivity index (χ3n) is 2.93. The van der Waals surface area contributed by atoms with E-state index in [2.05, 4.69) is 0 Å². The van der Waals surface area contributed by atoms with Gasteiger partial charge >= 0.3 is 0 Å². The number of nitrogens with zero attached hydrogens (tertiary/aromatic N) is 1. The Labute approximate surface area is 121 Å². The third-order valence-corrected chi connectivity index (χ3v) is 4.85. The minimum Gasteiger partial charge on any atom is -0.399 e. The van der Waals surface area contributed by atoms with Crippen molar-refractivity contribution >= 4 is 21.4 Å². The van der Waals surface area contributed by atoms with Gasteiger partial charge in [0.25, 0.3) is 10.0 Å². The van der Waals surface area contributed by atoms with Crippen molar-refractivity contribution in [3.8, 4) is 0 Å². The van der Waals surface area contributed by atoms with Gasteiger partial charge in [0.05, 0.1) is 5.69 Å². The first-order valence-electron chi connectivity index (χ1n) is 6.19. The third kappa shape index (κ3) is 2.97. The summed E-state index contributed by atoms with van der Waals surface area (Å²) in [4.78, 5) is -0.693. The summed E-state index contributed by atoms with van der Waals surface area (Å²) < 4.78 is 53.0. The molecule has 0 aromatic heterocycles. The smallest absolute Gasteiger partial charge is 0.267 e. The lowest BCUT2D eigenvalue weighted by Gasteiger charge is -2.23. The molecule has 2 aromatic carbocycles. The van der Waals surface area contributed by atoms with Gasteiger partial charge in [-0.15, -0.1) is 0 Å². The van der Waals surface area contributed by atoms with Crippen molar-refractivity contribution in [3.63, 3.8) is 0 Å². The standard InChI is InChI=1S/C14H14F2N2O2S/c1-2-18(12-6-4-11(17)5-7-12)21(19,20)14-9-10(15)3-8-13(14)16/h3-9H,2,17H2,1H3. The number of nitrogens with two attached hydrogens (primary N) is 1. The van der Waals surface area contributed by atoms with Crippen LogP contribution in [0.2, 0.25) is 0 Å². The lowest BCUT2D eigenvalue weighted by atomic mass is 10.3. The lowest BCUT2D eigenvalue weighted by molar-refractivity contribution is 0.551. The van der Waals surface area contributed by atoms with E-state index in [1.165, 1.54) is 24.3 Å². The molecule has 0 aliphatic carbocycles. The number of anilines is 2. The number of benzene rings is 2. The Kier molecular flexibility index (Phi) is 4.13. The molecule has 2 N–H and O–H groups in total. The number of rotatable bonds is 4. The van der Waals surface area contributed by atoms with Crippen molar-refractivity contribution in [2.45, 2.75) is 11.8 Å². The van der Waals surface area contributed by atoms with Crippen LogP contribution in [-0.2, 0) is 10.0 Å². The monoisotopic (exact) mass is 312 g/mol. The Bertz CT molecular complexity index is 746. The van der Waals surface area contributed by atoms with Gasteiger partial charge in [-0.3, -0.25) is 4.31 Å². The summed E-state index contributed by atoms with van der Waals surface area (Å²) in [7, 11) is -4.19. The average Bonchev–Trinajstić information content (AvgIpc) is 2.44. The summed E-state index contributed by atoms with van der Waals surface area (Å²) in [5, 5.41) is 0. The van der Waals surface area contributed by atoms with Crippen LogP contribution in [0.5, 0.6) is 0 Å². The molecule has 0 heterocycles. The predicted octanol–water partition coefficient (Wildman–Crippen LogP) is 2.76. The highest BCUT2D eigenvalue weighted by molar-refractivity contribution is 7.92. The van der Waals surface area contributed by atoms with Crippen LogP contribution >= 0.6 is 0 Å². The van der Waals surface area contributed by atoms with Crippen LogP contribution in [0.1, 0.15) is 6.92 Å². The molecule has 2 aromatic rings. The van der Waals surface area contributed by atoms with Gasteiger partial charge in [0.15, 0.2) is 0 Å². The molecule has 0 radical (unpaired) electrons. The van der Waals surface area contributed by atoms with E-state index in [1.807, 2.05) is 0 Å². The molecule has 0 bridgehead atoms. The van der Waals surface area contributed by atoms with E-state index in [1.54, 1.807) is 6.92 Å². The second kappa shape index (κ2) is 5.69. The Hall–Kier alpha value is -2.15. The number of nitrogen functional groups attached to an aromatic ring is 1. The molecule has 0 amide bonds. The van der Waals surface area contributed by atoms with Gasteiger partial charge in [-0.2, -0.15) is 0 Å². The summed E-state index contributed by atoms with van der Waals surface area (Å²) in [6.07, 6.45) is 0. The summed E-state index contributed by atoms with van der Waals surface area (Å²) in [6.45, 7) is 1.67. The summed E-state index contributed by atoms with van der Waals surface area (Å²) >= 11 is 0. The summed E-state index contributed by atoms with van der Waals surface area (Å²) in [6, 6.07) is 8.42. The fourth-order valence-electron chi connectivity index (χ4n) is 1.93. The second-order valence-electron chi connectivity index (χ2n) is 4.34. The Morgan fingerprint density at radius 2 is 1.71 bits per heavy atom. The molecule has 0 unspecified atom stereocenters. The molecule has 0 spiro atoms. The highest BCUT2D eigenvalue weighted by Crippen LogP contribution is 2.26. The van der Waals surface area contributed by atoms with E-state index in [0.29, 0.717) is 17.4 Å². The highest BCUT2D eigenvalue weighted by atomic mass is 32.2. The van der Waals surface area contributed by atoms with E-state index in [4.69, 9.17) is 5.73 Å². The molecular formula is C14H14F2N2O2S. The first-order valence-corrected chi connectivity index (χ1v) is 7.63. The summed E-state index contributed by atoms with van der Waals surface area (Å²) in [5.74, 6) is -1.81. The maximum atomic E-state index is 13.7. The number of sulfonamides is 1. The highest BCUT2D eigenvalue weighted by Gasteiger charge is 2.27. The fraction of sp³-hybridized carbons (Fsp3) is 0.143. The molecule has 21 heavy (non-hydrogen) atoms. The van der Waals surface area contributed by atoms with Crippen LogP contribution in [-0.4, -0.2) is 15.0 Å². The van der Waals surface area contributed by atoms with Gasteiger partial charge in [-0.1, -0.05) is 0 Å². The molecule has 0 saturated heterocycles. The van der Waals surface area contributed by atoms with Gasteiger partial charge in [-0.25, -0.2) is 17.2 Å². The molecule has 0 aliphatic rings. The van der Waals surface area contributed by atoms with Crippen LogP contribution in [0.25, 0.3) is 0 Å². The molecule has 0 aliphatic heterocycles. The normalized spacial score (nSPS) is 11.4. The molecule has 4 nitrogen and oxygen atoms in total. The van der Waals surface area contributed by atoms with Gasteiger partial charge in [0.1, 0.15) is 16.5 Å². The van der Waals surface area contributed by atoms with Gasteiger partial charge in [-0.05, 0) is 49.4 Å². The van der Waals surface area contributed by atoms with Gasteiger partial charge < -0.3 is 5.73 Å². The van der Waals surface area contributed by atoms with Crippen LogP contribution in [0.15, 0.2) is 47.4 Å². The van der Waals surface area contributed by atoms with E-state index < -0.39 is 26.6 Å². The van der Waals surface area contributed by atoms with Crippen molar-refractivity contribution in [2.75, 3.05) is 16.6 Å². The largest absolute Gasteiger partial charge is 0.399 e. The Morgan fingerprint density at radius 1 is 1.10 bits per heavy atom. The number of hydrogen-bond donors (Lipinski definition) is 1. The molecule has 2 rings (SSSR count). The first kappa shape index (κ1) is 15.2. The van der Waals surface area contributed by atoms with Crippen molar-refractivity contribution in [1.29, 1.82) is 0 Å². The second-order valence-corrected chi connectivity index (χ2v) is 6.17. The van der Waals surface area contributed by atoms with Crippen molar-refractivity contribution in [2.24, 2.45) is 0 Å². The van der Waals surface area contributed by atoms with E-state index in [0.717, 1.165) is 16.4 Å². The molecule has 112 valence electrons. The number of halogens is 2. The van der Waals surface area contributed by atoms with Crippen LogP contribution in [0.4, 0.5) is 20.2 Å². The zero-order valence-electron chi connectivity index (χ0n) is 11.3. The van der Waals surface area contributed by atoms with Crippen molar-refractivity contribution < 1.29 is 17.2 Å². The number of hydrogen-bond acceptors (Lipinski definition) is 3. The minimum atomic E-state index is -4.19. The average molecular weight is 312 g/mol. The topological polar surface area (TPSA) is 63.4 Å².